The average Bonchev–Trinajstić information content (AvgIpc) is 2.47. The largest absolute Gasteiger partial charge is 0.398 e. The van der Waals surface area contributed by atoms with E-state index in [0.29, 0.717) is 18.5 Å². The molecule has 0 bridgehead atoms. The number of nitrogen functional groups attached to an aromatic ring is 1. The van der Waals surface area contributed by atoms with Gasteiger partial charge in [0.1, 0.15) is 5.78 Å². The number of carbonyl (C=O) groups is 1. The third-order valence-electron chi connectivity index (χ3n) is 3.05. The van der Waals surface area contributed by atoms with E-state index in [1.165, 1.54) is 4.90 Å². The van der Waals surface area contributed by atoms with Crippen LogP contribution in [0.4, 0.5) is 5.69 Å². The van der Waals surface area contributed by atoms with Crippen molar-refractivity contribution in [2.75, 3.05) is 11.5 Å². The van der Waals surface area contributed by atoms with Crippen LogP contribution in [0.5, 0.6) is 0 Å². The molecule has 0 radical (unpaired) electrons. The molecule has 0 aliphatic heterocycles. The van der Waals surface area contributed by atoms with Crippen molar-refractivity contribution in [2.24, 2.45) is 0 Å². The molecule has 0 saturated carbocycles. The molecule has 0 saturated heterocycles. The van der Waals surface area contributed by atoms with Gasteiger partial charge < -0.3 is 5.73 Å². The lowest BCUT2D eigenvalue weighted by molar-refractivity contribution is -0.118. The Morgan fingerprint density at radius 3 is 2.45 bits per heavy atom. The van der Waals surface area contributed by atoms with Crippen molar-refractivity contribution < 1.29 is 4.79 Å². The van der Waals surface area contributed by atoms with E-state index in [0.717, 1.165) is 17.7 Å². The molecule has 2 N–H and O–H groups in total. The zero-order valence-electron chi connectivity index (χ0n) is 11.4. The van der Waals surface area contributed by atoms with Gasteiger partial charge in [-0.05, 0) is 35.9 Å². The minimum atomic E-state index is 0.261. The molecular formula is C17H19NOS. The van der Waals surface area contributed by atoms with Crippen molar-refractivity contribution in [3.05, 3.63) is 60.2 Å². The molecule has 0 amide bonds. The molecular weight excluding hydrogens is 266 g/mol. The molecule has 0 fully saturated rings. The predicted molar refractivity (Wildman–Crippen MR) is 86.0 cm³/mol. The van der Waals surface area contributed by atoms with Crippen LogP contribution >= 0.6 is 11.8 Å². The van der Waals surface area contributed by atoms with Gasteiger partial charge >= 0.3 is 0 Å². The highest BCUT2D eigenvalue weighted by atomic mass is 32.2. The Morgan fingerprint density at radius 2 is 1.70 bits per heavy atom. The summed E-state index contributed by atoms with van der Waals surface area (Å²) in [5, 5.41) is 0. The van der Waals surface area contributed by atoms with Gasteiger partial charge in [0.05, 0.1) is 0 Å². The van der Waals surface area contributed by atoms with Crippen molar-refractivity contribution in [3.63, 3.8) is 0 Å². The minimum absolute atomic E-state index is 0.261. The fourth-order valence-electron chi connectivity index (χ4n) is 1.97. The molecule has 0 aliphatic carbocycles. The molecule has 0 unspecified atom stereocenters. The summed E-state index contributed by atoms with van der Waals surface area (Å²) in [6.07, 6.45) is 1.97. The third kappa shape index (κ3) is 4.74. The number of hydrogen-bond acceptors (Lipinski definition) is 3. The smallest absolute Gasteiger partial charge is 0.137 e. The summed E-state index contributed by atoms with van der Waals surface area (Å²) in [7, 11) is 0. The summed E-state index contributed by atoms with van der Waals surface area (Å²) < 4.78 is 0. The molecule has 0 aromatic heterocycles. The number of benzene rings is 2. The number of carbonyl (C=O) groups excluding carboxylic acids is 1. The summed E-state index contributed by atoms with van der Waals surface area (Å²) >= 11 is 1.79. The zero-order valence-corrected chi connectivity index (χ0v) is 12.2. The molecule has 0 spiro atoms. The first-order valence-corrected chi connectivity index (χ1v) is 7.77. The van der Waals surface area contributed by atoms with E-state index < -0.39 is 0 Å². The van der Waals surface area contributed by atoms with E-state index in [4.69, 9.17) is 5.73 Å². The molecule has 2 rings (SSSR count). The standard InChI is InChI=1S/C17H19NOS/c18-17-11-5-4-7-14(17)13-15(19)8-6-12-20-16-9-2-1-3-10-16/h1-5,7,9-11H,6,8,12-13,18H2. The highest BCUT2D eigenvalue weighted by molar-refractivity contribution is 7.99. The molecule has 2 aromatic carbocycles. The number of nitrogens with two attached hydrogens (primary N) is 1. The number of Topliss-reactive ketones (excluding diaryl/α,β-unsaturated/α-hetero) is 1. The number of ketones is 1. The van der Waals surface area contributed by atoms with Crippen LogP contribution in [-0.2, 0) is 11.2 Å². The van der Waals surface area contributed by atoms with Gasteiger partial charge in [0, 0.05) is 23.4 Å². The van der Waals surface area contributed by atoms with Crippen LogP contribution in [-0.4, -0.2) is 11.5 Å². The van der Waals surface area contributed by atoms with Crippen LogP contribution in [0.2, 0.25) is 0 Å². The normalized spacial score (nSPS) is 10.4. The van der Waals surface area contributed by atoms with E-state index in [1.54, 1.807) is 11.8 Å². The first kappa shape index (κ1) is 14.7. The monoisotopic (exact) mass is 285 g/mol. The molecule has 0 aliphatic rings. The Labute approximate surface area is 124 Å². The average molecular weight is 285 g/mol. The fourth-order valence-corrected chi connectivity index (χ4v) is 2.85. The third-order valence-corrected chi connectivity index (χ3v) is 4.15. The maximum atomic E-state index is 11.9. The molecule has 0 heterocycles. The Bertz CT molecular complexity index is 554. The van der Waals surface area contributed by atoms with Crippen molar-refractivity contribution in [1.82, 2.24) is 0 Å². The number of hydrogen-bond donors (Lipinski definition) is 1. The van der Waals surface area contributed by atoms with E-state index >= 15 is 0 Å². The summed E-state index contributed by atoms with van der Waals surface area (Å²) in [5.74, 6) is 1.23. The fraction of sp³-hybridized carbons (Fsp3) is 0.235. The van der Waals surface area contributed by atoms with Gasteiger partial charge in [-0.1, -0.05) is 36.4 Å². The van der Waals surface area contributed by atoms with Gasteiger partial charge in [0.25, 0.3) is 0 Å². The Hall–Kier alpha value is -1.74. The van der Waals surface area contributed by atoms with Gasteiger partial charge in [-0.3, -0.25) is 4.79 Å². The van der Waals surface area contributed by atoms with Gasteiger partial charge in [-0.2, -0.15) is 0 Å². The number of rotatable bonds is 7. The molecule has 2 nitrogen and oxygen atoms in total. The Balaban J connectivity index is 1.69. The van der Waals surface area contributed by atoms with Crippen LogP contribution in [0.1, 0.15) is 18.4 Å². The quantitative estimate of drug-likeness (QED) is 0.476. The van der Waals surface area contributed by atoms with Crippen molar-refractivity contribution >= 4 is 23.2 Å². The summed E-state index contributed by atoms with van der Waals surface area (Å²) in [5.41, 5.74) is 7.49. The number of para-hydroxylation sites is 1. The molecule has 104 valence electrons. The maximum Gasteiger partial charge on any atom is 0.137 e. The second-order valence-corrected chi connectivity index (χ2v) is 5.85. The molecule has 20 heavy (non-hydrogen) atoms. The molecule has 3 heteroatoms. The molecule has 2 aromatic rings. The van der Waals surface area contributed by atoms with E-state index in [1.807, 2.05) is 42.5 Å². The number of anilines is 1. The zero-order chi connectivity index (χ0) is 14.2. The summed E-state index contributed by atoms with van der Waals surface area (Å²) in [4.78, 5) is 13.2. The summed E-state index contributed by atoms with van der Waals surface area (Å²) in [6, 6.07) is 17.8. The lowest BCUT2D eigenvalue weighted by Crippen LogP contribution is -2.05. The predicted octanol–water partition coefficient (Wildman–Crippen LogP) is 3.95. The van der Waals surface area contributed by atoms with E-state index in [2.05, 4.69) is 12.1 Å². The highest BCUT2D eigenvalue weighted by Gasteiger charge is 2.06. The lowest BCUT2D eigenvalue weighted by atomic mass is 10.0. The van der Waals surface area contributed by atoms with Crippen LogP contribution < -0.4 is 5.73 Å². The Morgan fingerprint density at radius 1 is 1.00 bits per heavy atom. The van der Waals surface area contributed by atoms with E-state index in [9.17, 15) is 4.79 Å². The first-order valence-electron chi connectivity index (χ1n) is 6.78. The molecule has 0 atom stereocenters. The van der Waals surface area contributed by atoms with Crippen molar-refractivity contribution in [2.45, 2.75) is 24.2 Å². The van der Waals surface area contributed by atoms with Gasteiger partial charge in [-0.25, -0.2) is 0 Å². The second kappa shape index (κ2) is 7.75. The second-order valence-electron chi connectivity index (χ2n) is 4.68. The summed E-state index contributed by atoms with van der Waals surface area (Å²) in [6.45, 7) is 0. The maximum absolute atomic E-state index is 11.9. The highest BCUT2D eigenvalue weighted by Crippen LogP contribution is 2.19. The Kier molecular flexibility index (Phi) is 5.69. The van der Waals surface area contributed by atoms with Gasteiger partial charge in [0.15, 0.2) is 0 Å². The number of thioether (sulfide) groups is 1. The van der Waals surface area contributed by atoms with Crippen LogP contribution in [0.3, 0.4) is 0 Å². The first-order chi connectivity index (χ1) is 9.75. The van der Waals surface area contributed by atoms with Crippen molar-refractivity contribution in [3.8, 4) is 0 Å². The van der Waals surface area contributed by atoms with Gasteiger partial charge in [-0.15, -0.1) is 11.8 Å². The van der Waals surface area contributed by atoms with Crippen LogP contribution in [0, 0.1) is 0 Å². The van der Waals surface area contributed by atoms with Crippen LogP contribution in [0.25, 0.3) is 0 Å². The minimum Gasteiger partial charge on any atom is -0.398 e. The van der Waals surface area contributed by atoms with Crippen LogP contribution in [0.15, 0.2) is 59.5 Å². The van der Waals surface area contributed by atoms with Crippen molar-refractivity contribution in [1.29, 1.82) is 0 Å². The SMILES string of the molecule is Nc1ccccc1CC(=O)CCCSc1ccccc1. The van der Waals surface area contributed by atoms with Gasteiger partial charge in [0.2, 0.25) is 0 Å². The van der Waals surface area contributed by atoms with E-state index in [-0.39, 0.29) is 5.78 Å². The topological polar surface area (TPSA) is 43.1 Å². The lowest BCUT2D eigenvalue weighted by Gasteiger charge is -2.05.